The Balaban J connectivity index is 2.58. The molecule has 0 saturated carbocycles. The number of carboxylic acids is 1. The third kappa shape index (κ3) is 2.98. The fraction of sp³-hybridized carbons (Fsp3) is 0.364. The fourth-order valence-electron chi connectivity index (χ4n) is 0.930. The molecule has 0 aliphatic rings. The zero-order valence-electron chi connectivity index (χ0n) is 8.00. The summed E-state index contributed by atoms with van der Waals surface area (Å²) < 4.78 is 4.89. The number of carbonyl (C=O) groups excluding carboxylic acids is 1. The maximum absolute atomic E-state index is 10.3. The van der Waals surface area contributed by atoms with E-state index in [2.05, 4.69) is 18.8 Å². The van der Waals surface area contributed by atoms with E-state index in [0.717, 1.165) is 19.3 Å². The van der Waals surface area contributed by atoms with Crippen LogP contribution in [0.25, 0.3) is 0 Å². The van der Waals surface area contributed by atoms with Crippen LogP contribution in [0.3, 0.4) is 0 Å². The van der Waals surface area contributed by atoms with E-state index < -0.39 is 5.97 Å². The van der Waals surface area contributed by atoms with Crippen LogP contribution in [0.15, 0.2) is 16.5 Å². The van der Waals surface area contributed by atoms with E-state index in [-0.39, 0.29) is 5.76 Å². The second-order valence-corrected chi connectivity index (χ2v) is 2.86. The number of carboxylic acid groups (broad SMARTS) is 1. The molecule has 1 rings (SSSR count). The molecule has 1 aromatic heterocycles. The minimum Gasteiger partial charge on any atom is -0.542 e. The Morgan fingerprint density at radius 2 is 2.36 bits per heavy atom. The predicted octanol–water partition coefficient (Wildman–Crippen LogP) is 1.18. The normalized spacial score (nSPS) is 9.21. The molecule has 0 aromatic carbocycles. The smallest absolute Gasteiger partial charge is 0.177 e. The summed E-state index contributed by atoms with van der Waals surface area (Å²) in [5, 5.41) is 10.3. The first kappa shape index (κ1) is 10.4. The van der Waals surface area contributed by atoms with Crippen molar-refractivity contribution < 1.29 is 14.3 Å². The highest BCUT2D eigenvalue weighted by Gasteiger charge is 1.98. The van der Waals surface area contributed by atoms with Gasteiger partial charge in [-0.2, -0.15) is 0 Å². The molecule has 14 heavy (non-hydrogen) atoms. The van der Waals surface area contributed by atoms with Gasteiger partial charge in [0.1, 0.15) is 5.97 Å². The van der Waals surface area contributed by atoms with E-state index in [4.69, 9.17) is 4.42 Å². The Morgan fingerprint density at radius 1 is 1.57 bits per heavy atom. The van der Waals surface area contributed by atoms with Crippen LogP contribution in [0.4, 0.5) is 0 Å². The zero-order chi connectivity index (χ0) is 10.4. The summed E-state index contributed by atoms with van der Waals surface area (Å²) in [5.41, 5.74) is 0. The van der Waals surface area contributed by atoms with Gasteiger partial charge in [-0.05, 0) is 24.5 Å². The Kier molecular flexibility index (Phi) is 3.81. The highest BCUT2D eigenvalue weighted by Crippen LogP contribution is 2.05. The molecule has 0 atom stereocenters. The first-order valence-electron chi connectivity index (χ1n) is 4.54. The quantitative estimate of drug-likeness (QED) is 0.532. The summed E-state index contributed by atoms with van der Waals surface area (Å²) in [7, 11) is 0. The van der Waals surface area contributed by atoms with Crippen molar-refractivity contribution in [2.24, 2.45) is 0 Å². The number of unbranched alkanes of at least 4 members (excludes halogenated alkanes) is 2. The van der Waals surface area contributed by atoms with Crippen molar-refractivity contribution in [1.82, 2.24) is 0 Å². The van der Waals surface area contributed by atoms with Gasteiger partial charge in [0.15, 0.2) is 11.5 Å². The van der Waals surface area contributed by atoms with Crippen LogP contribution in [0.1, 0.15) is 42.5 Å². The summed E-state index contributed by atoms with van der Waals surface area (Å²) >= 11 is 0. The predicted molar refractivity (Wildman–Crippen MR) is 49.4 cm³/mol. The summed E-state index contributed by atoms with van der Waals surface area (Å²) in [6.45, 7) is 2.09. The molecule has 0 fully saturated rings. The zero-order valence-corrected chi connectivity index (χ0v) is 8.00. The molecule has 1 aromatic rings. The summed E-state index contributed by atoms with van der Waals surface area (Å²) in [6.07, 6.45) is 2.94. The van der Waals surface area contributed by atoms with Crippen molar-refractivity contribution in [2.45, 2.75) is 26.2 Å². The third-order valence-corrected chi connectivity index (χ3v) is 1.67. The molecule has 3 nitrogen and oxygen atoms in total. The maximum atomic E-state index is 10.3. The van der Waals surface area contributed by atoms with Crippen molar-refractivity contribution in [2.75, 3.05) is 0 Å². The number of furan rings is 1. The van der Waals surface area contributed by atoms with E-state index in [1.54, 1.807) is 0 Å². The molecule has 3 heteroatoms. The SMILES string of the molecule is CCCCC#Cc1ccc(C(=O)[O-])o1. The van der Waals surface area contributed by atoms with Crippen LogP contribution in [-0.2, 0) is 0 Å². The first-order chi connectivity index (χ1) is 6.74. The number of hydrogen-bond acceptors (Lipinski definition) is 3. The van der Waals surface area contributed by atoms with E-state index in [1.807, 2.05) is 0 Å². The minimum atomic E-state index is -1.31. The molecule has 0 aliphatic carbocycles. The van der Waals surface area contributed by atoms with Gasteiger partial charge >= 0.3 is 0 Å². The lowest BCUT2D eigenvalue weighted by atomic mass is 10.2. The van der Waals surface area contributed by atoms with Crippen LogP contribution in [-0.4, -0.2) is 5.97 Å². The standard InChI is InChI=1S/C11H12O3/c1-2-3-4-5-6-9-7-8-10(14-9)11(12)13/h7-8H,2-4H2,1H3,(H,12,13)/p-1. The second kappa shape index (κ2) is 5.13. The first-order valence-corrected chi connectivity index (χ1v) is 4.54. The average molecular weight is 191 g/mol. The largest absolute Gasteiger partial charge is 0.542 e. The van der Waals surface area contributed by atoms with Crippen molar-refractivity contribution in [1.29, 1.82) is 0 Å². The molecular formula is C11H11O3-. The molecule has 0 unspecified atom stereocenters. The maximum Gasteiger partial charge on any atom is 0.177 e. The number of hydrogen-bond donors (Lipinski definition) is 0. The summed E-state index contributed by atoms with van der Waals surface area (Å²) in [5.74, 6) is 4.53. The highest BCUT2D eigenvalue weighted by molar-refractivity contribution is 5.82. The molecule has 0 radical (unpaired) electrons. The minimum absolute atomic E-state index is 0.176. The van der Waals surface area contributed by atoms with E-state index in [1.165, 1.54) is 12.1 Å². The van der Waals surface area contributed by atoms with Gasteiger partial charge in [0.2, 0.25) is 0 Å². The van der Waals surface area contributed by atoms with Gasteiger partial charge in [-0.25, -0.2) is 0 Å². The highest BCUT2D eigenvalue weighted by atomic mass is 16.4. The third-order valence-electron chi connectivity index (χ3n) is 1.67. The van der Waals surface area contributed by atoms with Gasteiger partial charge in [0, 0.05) is 6.42 Å². The monoisotopic (exact) mass is 191 g/mol. The lowest BCUT2D eigenvalue weighted by Crippen LogP contribution is -2.21. The number of carbonyl (C=O) groups is 1. The topological polar surface area (TPSA) is 53.3 Å². The van der Waals surface area contributed by atoms with Crippen molar-refractivity contribution in [3.63, 3.8) is 0 Å². The molecule has 0 spiro atoms. The molecule has 0 bridgehead atoms. The molecule has 0 aliphatic heterocycles. The van der Waals surface area contributed by atoms with Crippen LogP contribution in [0.2, 0.25) is 0 Å². The van der Waals surface area contributed by atoms with Crippen molar-refractivity contribution in [3.8, 4) is 11.8 Å². The van der Waals surface area contributed by atoms with Crippen molar-refractivity contribution >= 4 is 5.97 Å². The van der Waals surface area contributed by atoms with Gasteiger partial charge in [-0.3, -0.25) is 0 Å². The van der Waals surface area contributed by atoms with Crippen LogP contribution in [0.5, 0.6) is 0 Å². The van der Waals surface area contributed by atoms with Crippen LogP contribution < -0.4 is 5.11 Å². The Bertz CT molecular complexity index is 365. The second-order valence-electron chi connectivity index (χ2n) is 2.86. The lowest BCUT2D eigenvalue weighted by molar-refractivity contribution is -0.257. The molecule has 1 heterocycles. The Hall–Kier alpha value is -1.69. The molecular weight excluding hydrogens is 180 g/mol. The molecule has 0 amide bonds. The molecule has 0 N–H and O–H groups in total. The lowest BCUT2D eigenvalue weighted by Gasteiger charge is -1.92. The average Bonchev–Trinajstić information content (AvgIpc) is 2.61. The Labute approximate surface area is 82.7 Å². The van der Waals surface area contributed by atoms with Gasteiger partial charge in [0.05, 0.1) is 0 Å². The fourth-order valence-corrected chi connectivity index (χ4v) is 0.930. The van der Waals surface area contributed by atoms with Gasteiger partial charge < -0.3 is 14.3 Å². The van der Waals surface area contributed by atoms with E-state index >= 15 is 0 Å². The van der Waals surface area contributed by atoms with E-state index in [0.29, 0.717) is 5.76 Å². The van der Waals surface area contributed by atoms with Gasteiger partial charge in [-0.1, -0.05) is 19.3 Å². The van der Waals surface area contributed by atoms with Gasteiger partial charge in [-0.15, -0.1) is 0 Å². The van der Waals surface area contributed by atoms with Crippen molar-refractivity contribution in [3.05, 3.63) is 23.7 Å². The summed E-state index contributed by atoms with van der Waals surface area (Å²) in [6, 6.07) is 2.88. The molecule has 74 valence electrons. The number of aromatic carboxylic acids is 1. The number of rotatable bonds is 3. The van der Waals surface area contributed by atoms with Crippen LogP contribution >= 0.6 is 0 Å². The Morgan fingerprint density at radius 3 is 2.93 bits per heavy atom. The van der Waals surface area contributed by atoms with Gasteiger partial charge in [0.25, 0.3) is 0 Å². The van der Waals surface area contributed by atoms with Crippen LogP contribution in [0, 0.1) is 11.8 Å². The molecule has 0 saturated heterocycles. The van der Waals surface area contributed by atoms with E-state index in [9.17, 15) is 9.90 Å². The summed E-state index contributed by atoms with van der Waals surface area (Å²) in [4.78, 5) is 10.3.